The lowest BCUT2D eigenvalue weighted by Crippen LogP contribution is -1.92. The molecule has 10 heteroatoms. The molecule has 0 radical (unpaired) electrons. The molecular formula is C29H42O10. The summed E-state index contributed by atoms with van der Waals surface area (Å²) in [5, 5.41) is 38.4. The summed E-state index contributed by atoms with van der Waals surface area (Å²) in [5.74, 6) is -4.67. The lowest BCUT2D eigenvalue weighted by Gasteiger charge is -1.85. The van der Waals surface area contributed by atoms with E-state index in [1.54, 1.807) is 6.08 Å². The fraction of sp³-hybridized carbons (Fsp3) is 0.138. The van der Waals surface area contributed by atoms with Crippen LogP contribution in [-0.4, -0.2) is 55.4 Å². The first-order valence-electron chi connectivity index (χ1n) is 10.3. The average molecular weight is 551 g/mol. The highest BCUT2D eigenvalue weighted by atomic mass is 16.4. The summed E-state index contributed by atoms with van der Waals surface area (Å²) in [7, 11) is 0. The van der Waals surface area contributed by atoms with Gasteiger partial charge in [0.15, 0.2) is 0 Å². The first kappa shape index (κ1) is 50.6. The summed E-state index contributed by atoms with van der Waals surface area (Å²) in [6.07, 6.45) is 5.25. The van der Waals surface area contributed by atoms with Crippen LogP contribution < -0.4 is 0 Å². The summed E-state index contributed by atoms with van der Waals surface area (Å²) in [6, 6.07) is 10.0. The molecule has 1 aromatic carbocycles. The number of carboxylic acid groups (broad SMARTS) is 5. The minimum Gasteiger partial charge on any atom is -0.481 e. The summed E-state index contributed by atoms with van der Waals surface area (Å²) in [6.45, 7) is 31.1. The molecule has 0 unspecified atom stereocenters. The largest absolute Gasteiger partial charge is 0.481 e. The monoisotopic (exact) mass is 550 g/mol. The molecular weight excluding hydrogens is 508 g/mol. The maximum absolute atomic E-state index is 9.60. The van der Waals surface area contributed by atoms with Crippen molar-refractivity contribution in [3.63, 3.8) is 0 Å². The average Bonchev–Trinajstić information content (AvgIpc) is 2.87. The fourth-order valence-electron chi connectivity index (χ4n) is 0.589. The molecule has 0 bridgehead atoms. The van der Waals surface area contributed by atoms with E-state index in [-0.39, 0.29) is 11.1 Å². The Morgan fingerprint density at radius 1 is 0.641 bits per heavy atom. The zero-order valence-corrected chi connectivity index (χ0v) is 23.1. The third-order valence-electron chi connectivity index (χ3n) is 2.11. The summed E-state index contributed by atoms with van der Waals surface area (Å²) in [4.78, 5) is 46.7. The number of carboxylic acids is 5. The van der Waals surface area contributed by atoms with Crippen LogP contribution in [0.3, 0.4) is 0 Å². The molecule has 0 aliphatic carbocycles. The van der Waals surface area contributed by atoms with Crippen LogP contribution in [0.2, 0.25) is 0 Å². The molecule has 0 spiro atoms. The number of benzene rings is 1. The molecule has 218 valence electrons. The molecule has 0 heterocycles. The van der Waals surface area contributed by atoms with E-state index in [2.05, 4.69) is 52.6 Å². The van der Waals surface area contributed by atoms with E-state index in [4.69, 9.17) is 30.3 Å². The first-order chi connectivity index (χ1) is 17.9. The number of hydrogen-bond acceptors (Lipinski definition) is 5. The SMILES string of the molecule is C=C.C=C(C)C(=O)O.C=C(C)C(=O)O.C=CC.C=CC(=O)O.C=CC(=O)O.C=Cc1ccccc1.CC(=O)O. The minimum absolute atomic E-state index is 0.176. The maximum Gasteiger partial charge on any atom is 0.330 e. The summed E-state index contributed by atoms with van der Waals surface area (Å²) >= 11 is 0. The van der Waals surface area contributed by atoms with Crippen LogP contribution in [0.15, 0.2) is 112 Å². The molecule has 10 nitrogen and oxygen atoms in total. The van der Waals surface area contributed by atoms with Crippen LogP contribution in [0.5, 0.6) is 0 Å². The van der Waals surface area contributed by atoms with Gasteiger partial charge in [-0.15, -0.1) is 19.7 Å². The maximum atomic E-state index is 9.60. The van der Waals surface area contributed by atoms with Gasteiger partial charge in [-0.2, -0.15) is 0 Å². The molecule has 0 atom stereocenters. The molecule has 0 amide bonds. The molecule has 1 rings (SSSR count). The van der Waals surface area contributed by atoms with Gasteiger partial charge in [0.25, 0.3) is 5.97 Å². The lowest BCUT2D eigenvalue weighted by molar-refractivity contribution is -0.135. The van der Waals surface area contributed by atoms with E-state index in [0.29, 0.717) is 0 Å². The molecule has 0 aliphatic heterocycles. The number of rotatable bonds is 5. The highest BCUT2D eigenvalue weighted by Gasteiger charge is 1.90. The summed E-state index contributed by atoms with van der Waals surface area (Å²) < 4.78 is 0. The van der Waals surface area contributed by atoms with Crippen molar-refractivity contribution in [2.75, 3.05) is 0 Å². The number of carbonyl (C=O) groups is 5. The predicted molar refractivity (Wildman–Crippen MR) is 158 cm³/mol. The topological polar surface area (TPSA) is 186 Å². The molecule has 5 N–H and O–H groups in total. The van der Waals surface area contributed by atoms with Crippen LogP contribution in [0, 0.1) is 0 Å². The van der Waals surface area contributed by atoms with Gasteiger partial charge >= 0.3 is 23.9 Å². The zero-order chi connectivity index (χ0) is 33.0. The van der Waals surface area contributed by atoms with E-state index < -0.39 is 29.8 Å². The van der Waals surface area contributed by atoms with E-state index in [9.17, 15) is 19.2 Å². The van der Waals surface area contributed by atoms with Crippen molar-refractivity contribution >= 4 is 35.9 Å². The van der Waals surface area contributed by atoms with Crippen molar-refractivity contribution < 1.29 is 49.5 Å². The standard InChI is InChI=1S/C8H8.2C4H6O2.2C3H4O2.C3H6.C2H4O2.C2H4/c1-2-8-6-4-3-5-7-8;2*1-3(2)4(5)6;2*1-2-3(4)5;1-3-2;1-2(3)4;1-2/h2-7H,1H2;2*1H2,2H3,(H,5,6);2*2H,1H2,(H,4,5);3H,1H2,2H3;1H3,(H,3,4);1-2H2. The second-order valence-corrected chi connectivity index (χ2v) is 5.80. The van der Waals surface area contributed by atoms with Gasteiger partial charge in [-0.25, -0.2) is 19.2 Å². The molecule has 39 heavy (non-hydrogen) atoms. The number of aliphatic carboxylic acids is 5. The van der Waals surface area contributed by atoms with Crippen LogP contribution in [-0.2, 0) is 24.0 Å². The molecule has 1 aromatic rings. The van der Waals surface area contributed by atoms with Crippen LogP contribution >= 0.6 is 0 Å². The van der Waals surface area contributed by atoms with Crippen molar-refractivity contribution in [3.05, 3.63) is 118 Å². The first-order valence-corrected chi connectivity index (χ1v) is 10.3. The van der Waals surface area contributed by atoms with E-state index in [1.165, 1.54) is 19.4 Å². The Balaban J connectivity index is -0.0000000617. The quantitative estimate of drug-likeness (QED) is 0.208. The molecule has 0 saturated carbocycles. The molecule has 0 fully saturated rings. The van der Waals surface area contributed by atoms with Crippen molar-refractivity contribution in [3.8, 4) is 0 Å². The lowest BCUT2D eigenvalue weighted by atomic mass is 10.2. The van der Waals surface area contributed by atoms with Crippen molar-refractivity contribution in [1.82, 2.24) is 0 Å². The van der Waals surface area contributed by atoms with Gasteiger partial charge in [0.2, 0.25) is 0 Å². The Kier molecular flexibility index (Phi) is 55.6. The van der Waals surface area contributed by atoms with Gasteiger partial charge in [-0.3, -0.25) is 4.79 Å². The van der Waals surface area contributed by atoms with Crippen molar-refractivity contribution in [2.45, 2.75) is 27.7 Å². The van der Waals surface area contributed by atoms with Gasteiger partial charge in [0, 0.05) is 30.2 Å². The Labute approximate surface area is 231 Å². The highest BCUT2D eigenvalue weighted by Crippen LogP contribution is 1.97. The predicted octanol–water partition coefficient (Wildman–Crippen LogP) is 6.22. The van der Waals surface area contributed by atoms with E-state index in [1.807, 2.05) is 43.3 Å². The Morgan fingerprint density at radius 3 is 0.897 bits per heavy atom. The van der Waals surface area contributed by atoms with Crippen LogP contribution in [0.4, 0.5) is 0 Å². The molecule has 0 aliphatic rings. The third kappa shape index (κ3) is 110. The minimum atomic E-state index is -0.981. The van der Waals surface area contributed by atoms with Crippen molar-refractivity contribution in [1.29, 1.82) is 0 Å². The second-order valence-electron chi connectivity index (χ2n) is 5.80. The van der Waals surface area contributed by atoms with Gasteiger partial charge in [-0.05, 0) is 26.3 Å². The summed E-state index contributed by atoms with van der Waals surface area (Å²) in [5.41, 5.74) is 1.53. The van der Waals surface area contributed by atoms with Crippen molar-refractivity contribution in [2.24, 2.45) is 0 Å². The van der Waals surface area contributed by atoms with Gasteiger partial charge < -0.3 is 25.5 Å². The van der Waals surface area contributed by atoms with E-state index in [0.717, 1.165) is 19.1 Å². The zero-order valence-electron chi connectivity index (χ0n) is 23.1. The van der Waals surface area contributed by atoms with Gasteiger partial charge in [0.1, 0.15) is 0 Å². The number of hydrogen-bond donors (Lipinski definition) is 5. The third-order valence-corrected chi connectivity index (χ3v) is 2.11. The Bertz CT molecular complexity index is 813. The van der Waals surface area contributed by atoms with Crippen LogP contribution in [0.25, 0.3) is 6.08 Å². The fourth-order valence-corrected chi connectivity index (χ4v) is 0.589. The second kappa shape index (κ2) is 42.9. The highest BCUT2D eigenvalue weighted by molar-refractivity contribution is 5.85. The van der Waals surface area contributed by atoms with Gasteiger partial charge in [0.05, 0.1) is 0 Å². The molecule has 0 aromatic heterocycles. The molecule has 0 saturated heterocycles. The Morgan fingerprint density at radius 2 is 0.821 bits per heavy atom. The van der Waals surface area contributed by atoms with Crippen LogP contribution in [0.1, 0.15) is 33.3 Å². The Hall–Kier alpha value is -5.25. The van der Waals surface area contributed by atoms with E-state index >= 15 is 0 Å². The number of allylic oxidation sites excluding steroid dienone is 1. The normalized spacial score (nSPS) is 6.77. The van der Waals surface area contributed by atoms with Gasteiger partial charge in [-0.1, -0.05) is 75.4 Å². The smallest absolute Gasteiger partial charge is 0.330 e.